The maximum absolute atomic E-state index is 12.0. The van der Waals surface area contributed by atoms with Crippen LogP contribution in [0.5, 0.6) is 5.75 Å². The monoisotopic (exact) mass is 354 g/mol. The van der Waals surface area contributed by atoms with Crippen molar-refractivity contribution in [3.63, 3.8) is 0 Å². The zero-order valence-corrected chi connectivity index (χ0v) is 15.4. The van der Waals surface area contributed by atoms with Gasteiger partial charge in [0.1, 0.15) is 5.75 Å². The number of ether oxygens (including phenoxy) is 1. The van der Waals surface area contributed by atoms with Crippen molar-refractivity contribution in [2.45, 2.75) is 25.3 Å². The maximum atomic E-state index is 12.0. The molecule has 2 aromatic rings. The van der Waals surface area contributed by atoms with Gasteiger partial charge in [-0.2, -0.15) is 0 Å². The second-order valence-corrected chi connectivity index (χ2v) is 6.75. The molecule has 0 aromatic heterocycles. The minimum atomic E-state index is -0.911. The van der Waals surface area contributed by atoms with E-state index in [2.05, 4.69) is 11.9 Å². The van der Waals surface area contributed by atoms with E-state index in [1.165, 1.54) is 11.3 Å². The molecule has 1 amide bonds. The average molecular weight is 354 g/mol. The molecule has 1 saturated heterocycles. The lowest BCUT2D eigenvalue weighted by Crippen LogP contribution is -2.35. The van der Waals surface area contributed by atoms with Gasteiger partial charge < -0.3 is 14.7 Å². The highest BCUT2D eigenvalue weighted by Gasteiger charge is 2.24. The molecule has 1 unspecified atom stereocenters. The van der Waals surface area contributed by atoms with E-state index in [9.17, 15) is 9.90 Å². The number of rotatable bonds is 6. The smallest absolute Gasteiger partial charge is 0.411 e. The fourth-order valence-electron chi connectivity index (χ4n) is 3.66. The quantitative estimate of drug-likeness (QED) is 0.839. The Hall–Kier alpha value is -2.53. The maximum Gasteiger partial charge on any atom is 0.411 e. The van der Waals surface area contributed by atoms with Gasteiger partial charge in [0.2, 0.25) is 0 Å². The summed E-state index contributed by atoms with van der Waals surface area (Å²) in [6, 6.07) is 15.8. The highest BCUT2D eigenvalue weighted by molar-refractivity contribution is 5.92. The number of methoxy groups -OCH3 is 1. The van der Waals surface area contributed by atoms with Gasteiger partial charge in [-0.05, 0) is 56.6 Å². The molecule has 1 heterocycles. The van der Waals surface area contributed by atoms with Crippen molar-refractivity contribution in [3.05, 3.63) is 48.5 Å². The molecule has 5 heteroatoms. The predicted octanol–water partition coefficient (Wildman–Crippen LogP) is 4.33. The number of amides is 1. The van der Waals surface area contributed by atoms with E-state index in [1.54, 1.807) is 7.11 Å². The van der Waals surface area contributed by atoms with Crippen LogP contribution in [0.2, 0.25) is 0 Å². The van der Waals surface area contributed by atoms with Gasteiger partial charge in [-0.15, -0.1) is 0 Å². The van der Waals surface area contributed by atoms with Crippen molar-refractivity contribution in [3.8, 4) is 16.9 Å². The first-order chi connectivity index (χ1) is 12.6. The molecule has 0 spiro atoms. The molecule has 0 radical (unpaired) electrons. The number of anilines is 1. The van der Waals surface area contributed by atoms with Crippen LogP contribution in [0.25, 0.3) is 11.1 Å². The number of carboxylic acid groups (broad SMARTS) is 1. The standard InChI is InChI=1S/C21H26N2O3/c1-22-14-5-6-17(22)13-15-23(21(24)25)20-8-4-3-7-19(20)16-9-11-18(26-2)12-10-16/h3-4,7-12,17H,5-6,13-15H2,1-2H3,(H,24,25). The van der Waals surface area contributed by atoms with Gasteiger partial charge >= 0.3 is 6.09 Å². The molecule has 2 aromatic carbocycles. The van der Waals surface area contributed by atoms with Gasteiger partial charge in [-0.3, -0.25) is 4.90 Å². The molecule has 138 valence electrons. The Labute approximate surface area is 154 Å². The summed E-state index contributed by atoms with van der Waals surface area (Å²) in [4.78, 5) is 15.8. The molecule has 1 aliphatic rings. The molecular weight excluding hydrogens is 328 g/mol. The highest BCUT2D eigenvalue weighted by Crippen LogP contribution is 2.32. The van der Waals surface area contributed by atoms with E-state index in [4.69, 9.17) is 4.74 Å². The summed E-state index contributed by atoms with van der Waals surface area (Å²) in [6.45, 7) is 1.59. The minimum Gasteiger partial charge on any atom is -0.497 e. The highest BCUT2D eigenvalue weighted by atomic mass is 16.5. The van der Waals surface area contributed by atoms with Gasteiger partial charge in [0, 0.05) is 18.2 Å². The van der Waals surface area contributed by atoms with Crippen LogP contribution in [0.1, 0.15) is 19.3 Å². The lowest BCUT2D eigenvalue weighted by Gasteiger charge is -2.26. The van der Waals surface area contributed by atoms with Crippen LogP contribution < -0.4 is 9.64 Å². The number of nitrogens with zero attached hydrogens (tertiary/aromatic N) is 2. The number of para-hydroxylation sites is 1. The van der Waals surface area contributed by atoms with Crippen molar-refractivity contribution in [2.24, 2.45) is 0 Å². The second-order valence-electron chi connectivity index (χ2n) is 6.75. The molecular formula is C21H26N2O3. The Bertz CT molecular complexity index is 745. The van der Waals surface area contributed by atoms with Gasteiger partial charge in [-0.25, -0.2) is 4.79 Å². The lowest BCUT2D eigenvalue weighted by atomic mass is 10.0. The fourth-order valence-corrected chi connectivity index (χ4v) is 3.66. The van der Waals surface area contributed by atoms with E-state index in [0.29, 0.717) is 12.6 Å². The third kappa shape index (κ3) is 3.99. The predicted molar refractivity (Wildman–Crippen MR) is 104 cm³/mol. The van der Waals surface area contributed by atoms with Crippen LogP contribution in [0.4, 0.5) is 10.5 Å². The van der Waals surface area contributed by atoms with Crippen molar-refractivity contribution in [2.75, 3.05) is 32.1 Å². The van der Waals surface area contributed by atoms with Gasteiger partial charge in [-0.1, -0.05) is 30.3 Å². The summed E-state index contributed by atoms with van der Waals surface area (Å²) in [7, 11) is 3.75. The first-order valence-electron chi connectivity index (χ1n) is 9.04. The molecule has 3 rings (SSSR count). The molecule has 26 heavy (non-hydrogen) atoms. The third-order valence-electron chi connectivity index (χ3n) is 5.18. The Morgan fingerprint density at radius 3 is 2.58 bits per heavy atom. The van der Waals surface area contributed by atoms with Crippen molar-refractivity contribution in [1.29, 1.82) is 0 Å². The number of hydrogen-bond acceptors (Lipinski definition) is 3. The van der Waals surface area contributed by atoms with Crippen LogP contribution in [0, 0.1) is 0 Å². The van der Waals surface area contributed by atoms with Gasteiger partial charge in [0.25, 0.3) is 0 Å². The van der Waals surface area contributed by atoms with Crippen molar-refractivity contribution < 1.29 is 14.6 Å². The van der Waals surface area contributed by atoms with E-state index < -0.39 is 6.09 Å². The van der Waals surface area contributed by atoms with Crippen LogP contribution in [-0.4, -0.2) is 49.4 Å². The number of carbonyl (C=O) groups is 1. The average Bonchev–Trinajstić information content (AvgIpc) is 3.07. The lowest BCUT2D eigenvalue weighted by molar-refractivity contribution is 0.200. The zero-order valence-electron chi connectivity index (χ0n) is 15.4. The summed E-state index contributed by atoms with van der Waals surface area (Å²) in [5.41, 5.74) is 2.62. The second kappa shape index (κ2) is 8.23. The molecule has 1 fully saturated rings. The largest absolute Gasteiger partial charge is 0.497 e. The van der Waals surface area contributed by atoms with Gasteiger partial charge in [0.05, 0.1) is 12.8 Å². The zero-order chi connectivity index (χ0) is 18.5. The Kier molecular flexibility index (Phi) is 5.78. The first-order valence-corrected chi connectivity index (χ1v) is 9.04. The summed E-state index contributed by atoms with van der Waals surface area (Å²) >= 11 is 0. The first kappa shape index (κ1) is 18.3. The Morgan fingerprint density at radius 1 is 1.23 bits per heavy atom. The summed E-state index contributed by atoms with van der Waals surface area (Å²) < 4.78 is 5.22. The SMILES string of the molecule is COc1ccc(-c2ccccc2N(CCC2CCCN2C)C(=O)O)cc1. The number of hydrogen-bond donors (Lipinski definition) is 1. The molecule has 1 N–H and O–H groups in total. The van der Waals surface area contributed by atoms with E-state index >= 15 is 0 Å². The molecule has 1 aliphatic heterocycles. The summed E-state index contributed by atoms with van der Waals surface area (Å²) in [5.74, 6) is 0.783. The number of likely N-dealkylation sites (tertiary alicyclic amines) is 1. The van der Waals surface area contributed by atoms with Crippen molar-refractivity contribution >= 4 is 11.8 Å². The Morgan fingerprint density at radius 2 is 1.96 bits per heavy atom. The van der Waals surface area contributed by atoms with Crippen LogP contribution >= 0.6 is 0 Å². The third-order valence-corrected chi connectivity index (χ3v) is 5.18. The molecule has 0 bridgehead atoms. The fraction of sp³-hybridized carbons (Fsp3) is 0.381. The molecule has 5 nitrogen and oxygen atoms in total. The number of benzene rings is 2. The van der Waals surface area contributed by atoms with Gasteiger partial charge in [0.15, 0.2) is 0 Å². The van der Waals surface area contributed by atoms with E-state index in [-0.39, 0.29) is 0 Å². The Balaban J connectivity index is 1.85. The topological polar surface area (TPSA) is 53.0 Å². The van der Waals surface area contributed by atoms with Crippen LogP contribution in [0.15, 0.2) is 48.5 Å². The molecule has 0 aliphatic carbocycles. The normalized spacial score (nSPS) is 17.2. The summed E-state index contributed by atoms with van der Waals surface area (Å²) in [5, 5.41) is 9.81. The van der Waals surface area contributed by atoms with Crippen LogP contribution in [0.3, 0.4) is 0 Å². The van der Waals surface area contributed by atoms with E-state index in [0.717, 1.165) is 42.0 Å². The molecule has 1 atom stereocenters. The summed E-state index contributed by atoms with van der Waals surface area (Å²) in [6.07, 6.45) is 2.27. The van der Waals surface area contributed by atoms with E-state index in [1.807, 2.05) is 48.5 Å². The van der Waals surface area contributed by atoms with Crippen LogP contribution in [-0.2, 0) is 0 Å². The van der Waals surface area contributed by atoms with Crippen molar-refractivity contribution in [1.82, 2.24) is 4.90 Å². The minimum absolute atomic E-state index is 0.463. The molecule has 0 saturated carbocycles.